The molecule has 4 aromatic rings. The number of fused-ring (bicyclic) bond motifs is 1. The van der Waals surface area contributed by atoms with Gasteiger partial charge in [-0.15, -0.1) is 0 Å². The first-order valence-corrected chi connectivity index (χ1v) is 12.4. The first kappa shape index (κ1) is 22.3. The van der Waals surface area contributed by atoms with E-state index in [2.05, 4.69) is 19.6 Å². The molecule has 0 saturated carbocycles. The molecular weight excluding hydrogens is 446 g/mol. The summed E-state index contributed by atoms with van der Waals surface area (Å²) in [5.74, 6) is 0.0227. The largest absolute Gasteiger partial charge is 0.588 e. The van der Waals surface area contributed by atoms with Gasteiger partial charge >= 0.3 is 0 Å². The normalized spacial score (nSPS) is 15.3. The van der Waals surface area contributed by atoms with E-state index in [1.807, 2.05) is 59.8 Å². The molecule has 8 heteroatoms. The molecule has 0 radical (unpaired) electrons. The number of hydrogen-bond donors (Lipinski definition) is 1. The molecule has 3 heterocycles. The number of carbonyl (C=O) groups excluding carboxylic acids is 1. The van der Waals surface area contributed by atoms with Gasteiger partial charge in [0.25, 0.3) is 5.91 Å². The molecule has 34 heavy (non-hydrogen) atoms. The Hall–Kier alpha value is -3.46. The Bertz CT molecular complexity index is 1260. The molecule has 2 aromatic carbocycles. The third kappa shape index (κ3) is 5.04. The van der Waals surface area contributed by atoms with Crippen LogP contribution in [0.2, 0.25) is 0 Å². The van der Waals surface area contributed by atoms with Crippen LogP contribution in [0.25, 0.3) is 10.9 Å². The minimum absolute atomic E-state index is 0.0227. The topological polar surface area (TPSA) is 84.4 Å². The minimum atomic E-state index is -1.47. The summed E-state index contributed by atoms with van der Waals surface area (Å²) in [5, 5.41) is 0.942. The molecule has 1 aliphatic heterocycles. The fraction of sp³-hybridized carbons (Fsp3) is 0.192. The second-order valence-electron chi connectivity index (χ2n) is 8.20. The van der Waals surface area contributed by atoms with E-state index in [1.54, 1.807) is 30.5 Å². The number of hydrogen-bond acceptors (Lipinski definition) is 6. The van der Waals surface area contributed by atoms with Crippen molar-refractivity contribution in [3.8, 4) is 0 Å². The number of rotatable bonds is 6. The van der Waals surface area contributed by atoms with E-state index in [-0.39, 0.29) is 5.91 Å². The van der Waals surface area contributed by atoms with Crippen molar-refractivity contribution in [1.82, 2.24) is 19.8 Å². The molecule has 7 nitrogen and oxygen atoms in total. The van der Waals surface area contributed by atoms with Crippen LogP contribution < -0.4 is 4.72 Å². The molecule has 2 aromatic heterocycles. The van der Waals surface area contributed by atoms with E-state index in [0.717, 1.165) is 25.0 Å². The Morgan fingerprint density at radius 3 is 2.41 bits per heavy atom. The number of amides is 1. The Morgan fingerprint density at radius 2 is 1.65 bits per heavy atom. The van der Waals surface area contributed by atoms with E-state index < -0.39 is 11.4 Å². The Labute approximate surface area is 201 Å². The van der Waals surface area contributed by atoms with Crippen molar-refractivity contribution in [3.63, 3.8) is 0 Å². The highest BCUT2D eigenvalue weighted by Gasteiger charge is 2.22. The molecule has 1 amide bonds. The van der Waals surface area contributed by atoms with Gasteiger partial charge in [0.2, 0.25) is 4.90 Å². The average Bonchev–Trinajstić information content (AvgIpc) is 2.89. The summed E-state index contributed by atoms with van der Waals surface area (Å²) in [6.07, 6.45) is 5.31. The number of nitrogens with zero attached hydrogens (tertiary/aromatic N) is 4. The first-order valence-electron chi connectivity index (χ1n) is 11.2. The molecule has 1 fully saturated rings. The molecule has 1 unspecified atom stereocenters. The quantitative estimate of drug-likeness (QED) is 0.432. The molecule has 0 aliphatic carbocycles. The highest BCUT2D eigenvalue weighted by Crippen LogP contribution is 2.23. The van der Waals surface area contributed by atoms with Gasteiger partial charge < -0.3 is 9.45 Å². The summed E-state index contributed by atoms with van der Waals surface area (Å²) in [4.78, 5) is 26.3. The molecule has 1 N–H and O–H groups in total. The van der Waals surface area contributed by atoms with Crippen molar-refractivity contribution in [2.75, 3.05) is 30.9 Å². The zero-order valence-corrected chi connectivity index (χ0v) is 19.4. The fourth-order valence-corrected chi connectivity index (χ4v) is 5.12. The summed E-state index contributed by atoms with van der Waals surface area (Å²) in [7, 11) is 0. The lowest BCUT2D eigenvalue weighted by atomic mass is 10.1. The first-order chi connectivity index (χ1) is 16.7. The number of carbonyl (C=O) groups is 1. The van der Waals surface area contributed by atoms with E-state index in [9.17, 15) is 9.35 Å². The molecule has 0 spiro atoms. The maximum atomic E-state index is 13.0. The molecule has 1 atom stereocenters. The number of aromatic nitrogens is 2. The van der Waals surface area contributed by atoms with Crippen LogP contribution in [0, 0.1) is 0 Å². The van der Waals surface area contributed by atoms with Crippen molar-refractivity contribution in [2.45, 2.75) is 11.4 Å². The molecule has 5 rings (SSSR count). The van der Waals surface area contributed by atoms with Gasteiger partial charge in [-0.2, -0.15) is 0 Å². The van der Waals surface area contributed by atoms with E-state index in [4.69, 9.17) is 0 Å². The number of para-hydroxylation sites is 1. The number of pyridine rings is 2. The summed E-state index contributed by atoms with van der Waals surface area (Å²) < 4.78 is 16.0. The average molecular weight is 472 g/mol. The van der Waals surface area contributed by atoms with Crippen molar-refractivity contribution in [1.29, 1.82) is 0 Å². The number of benzene rings is 2. The number of anilines is 1. The lowest BCUT2D eigenvalue weighted by Gasteiger charge is -2.34. The van der Waals surface area contributed by atoms with Gasteiger partial charge in [0.05, 0.1) is 5.69 Å². The Balaban J connectivity index is 1.18. The maximum Gasteiger partial charge on any atom is 0.253 e. The Morgan fingerprint density at radius 1 is 0.912 bits per heavy atom. The predicted octanol–water partition coefficient (Wildman–Crippen LogP) is 3.72. The van der Waals surface area contributed by atoms with Gasteiger partial charge in [-0.05, 0) is 54.1 Å². The van der Waals surface area contributed by atoms with Crippen LogP contribution in [0.5, 0.6) is 0 Å². The lowest BCUT2D eigenvalue weighted by Crippen LogP contribution is -2.48. The molecule has 1 aliphatic rings. The van der Waals surface area contributed by atoms with Gasteiger partial charge in [0, 0.05) is 62.3 Å². The van der Waals surface area contributed by atoms with Crippen LogP contribution in [0.15, 0.2) is 90.2 Å². The van der Waals surface area contributed by atoms with Crippen molar-refractivity contribution in [2.24, 2.45) is 0 Å². The standard InChI is InChI=1S/C26H25N5O2S/c32-26(31-17-15-30(16-18-31)19-20-10-13-27-14-11-20)22-6-8-23(9-7-22)29-34(33)24-5-1-3-21-4-2-12-28-25(21)24/h1-14,29H,15-19H2. The maximum absolute atomic E-state index is 13.0. The zero-order valence-electron chi connectivity index (χ0n) is 18.6. The van der Waals surface area contributed by atoms with Gasteiger partial charge in [0.15, 0.2) is 0 Å². The van der Waals surface area contributed by atoms with Gasteiger partial charge in [-0.3, -0.25) is 19.7 Å². The molecule has 172 valence electrons. The Kier molecular flexibility index (Phi) is 6.71. The monoisotopic (exact) mass is 471 g/mol. The SMILES string of the molecule is O=C(c1ccc(N[S+]([O-])c2cccc3cccnc23)cc1)N1CCN(Cc2ccncc2)CC1. The van der Waals surface area contributed by atoms with Crippen LogP contribution >= 0.6 is 0 Å². The zero-order chi connectivity index (χ0) is 23.3. The number of piperazine rings is 1. The van der Waals surface area contributed by atoms with E-state index >= 15 is 0 Å². The van der Waals surface area contributed by atoms with Crippen molar-refractivity contribution < 1.29 is 9.35 Å². The highest BCUT2D eigenvalue weighted by molar-refractivity contribution is 7.93. The second kappa shape index (κ2) is 10.2. The number of nitrogens with one attached hydrogen (secondary N) is 1. The smallest absolute Gasteiger partial charge is 0.253 e. The van der Waals surface area contributed by atoms with Crippen molar-refractivity contribution >= 4 is 33.9 Å². The van der Waals surface area contributed by atoms with Crippen LogP contribution in [-0.2, 0) is 17.9 Å². The van der Waals surface area contributed by atoms with Crippen LogP contribution in [-0.4, -0.2) is 56.4 Å². The molecule has 1 saturated heterocycles. The summed E-state index contributed by atoms with van der Waals surface area (Å²) in [6.45, 7) is 3.94. The van der Waals surface area contributed by atoms with Crippen LogP contribution in [0.1, 0.15) is 15.9 Å². The highest BCUT2D eigenvalue weighted by atomic mass is 32.2. The van der Waals surface area contributed by atoms with E-state index in [0.29, 0.717) is 34.8 Å². The second-order valence-corrected chi connectivity index (χ2v) is 9.38. The van der Waals surface area contributed by atoms with Gasteiger partial charge in [0.1, 0.15) is 16.9 Å². The lowest BCUT2D eigenvalue weighted by molar-refractivity contribution is 0.0628. The summed E-state index contributed by atoms with van der Waals surface area (Å²) >= 11 is -1.47. The third-order valence-electron chi connectivity index (χ3n) is 5.95. The molecule has 0 bridgehead atoms. The van der Waals surface area contributed by atoms with Crippen molar-refractivity contribution in [3.05, 3.63) is 96.4 Å². The predicted molar refractivity (Wildman–Crippen MR) is 134 cm³/mol. The van der Waals surface area contributed by atoms with Gasteiger partial charge in [-0.1, -0.05) is 18.2 Å². The van der Waals surface area contributed by atoms with Gasteiger partial charge in [-0.25, -0.2) is 4.72 Å². The minimum Gasteiger partial charge on any atom is -0.588 e. The summed E-state index contributed by atoms with van der Waals surface area (Å²) in [5.41, 5.74) is 3.26. The van der Waals surface area contributed by atoms with Crippen LogP contribution in [0.4, 0.5) is 5.69 Å². The summed E-state index contributed by atoms with van der Waals surface area (Å²) in [6, 6.07) is 20.6. The third-order valence-corrected chi connectivity index (χ3v) is 7.10. The molecular formula is C26H25N5O2S. The van der Waals surface area contributed by atoms with E-state index in [1.165, 1.54) is 5.56 Å². The van der Waals surface area contributed by atoms with Crippen LogP contribution in [0.3, 0.4) is 0 Å². The fourth-order valence-electron chi connectivity index (χ4n) is 4.11.